The van der Waals surface area contributed by atoms with Gasteiger partial charge in [-0.25, -0.2) is 9.59 Å². The van der Waals surface area contributed by atoms with Gasteiger partial charge in [-0.3, -0.25) is 19.2 Å². The number of hydrogen-bond acceptors (Lipinski definition) is 14. The number of benzene rings is 1. The summed E-state index contributed by atoms with van der Waals surface area (Å²) in [7, 11) is 0. The number of Topliss-reactive ketones (excluding diaryl/α,β-unsaturated/α-hetero) is 1. The van der Waals surface area contributed by atoms with Crippen LogP contribution in [-0.2, 0) is 47.7 Å². The molecule has 294 valence electrons. The number of esters is 4. The minimum absolute atomic E-state index is 0.0329. The van der Waals surface area contributed by atoms with Crippen molar-refractivity contribution in [3.8, 4) is 0 Å². The highest BCUT2D eigenvalue weighted by Crippen LogP contribution is 2.64. The Morgan fingerprint density at radius 3 is 2.15 bits per heavy atom. The topological polar surface area (TPSA) is 221 Å². The first-order valence-electron chi connectivity index (χ1n) is 18.3. The Hall–Kier alpha value is -4.18. The molecule has 54 heavy (non-hydrogen) atoms. The molecule has 1 saturated heterocycles. The van der Waals surface area contributed by atoms with E-state index in [4.69, 9.17) is 23.7 Å². The summed E-state index contributed by atoms with van der Waals surface area (Å²) in [5.41, 5.74) is -7.35. The second-order valence-electron chi connectivity index (χ2n) is 16.2. The number of ketones is 1. The van der Waals surface area contributed by atoms with E-state index in [9.17, 15) is 39.3 Å². The predicted molar refractivity (Wildman–Crippen MR) is 185 cm³/mol. The number of amides is 1. The molecule has 3 saturated carbocycles. The van der Waals surface area contributed by atoms with Crippen LogP contribution >= 0.6 is 0 Å². The van der Waals surface area contributed by atoms with E-state index >= 15 is 4.79 Å². The number of ether oxygens (including phenoxy) is 5. The third-order valence-corrected chi connectivity index (χ3v) is 12.5. The molecule has 1 aromatic carbocycles. The van der Waals surface area contributed by atoms with Crippen molar-refractivity contribution in [1.82, 2.24) is 5.32 Å². The monoisotopic (exact) mass is 755 g/mol. The molecule has 4 aliphatic carbocycles. The summed E-state index contributed by atoms with van der Waals surface area (Å²) in [5.74, 6) is -6.65. The van der Waals surface area contributed by atoms with Crippen LogP contribution in [-0.4, -0.2) is 111 Å². The average Bonchev–Trinajstić information content (AvgIpc) is 3.94. The van der Waals surface area contributed by atoms with Gasteiger partial charge in [0.25, 0.3) is 0 Å². The van der Waals surface area contributed by atoms with Gasteiger partial charge in [0.2, 0.25) is 5.91 Å². The van der Waals surface area contributed by atoms with E-state index in [1.54, 1.807) is 32.0 Å². The summed E-state index contributed by atoms with van der Waals surface area (Å²) in [6, 6.07) is 6.92. The van der Waals surface area contributed by atoms with Gasteiger partial charge in [0.05, 0.1) is 35.6 Å². The highest BCUT2D eigenvalue weighted by atomic mass is 16.6. The van der Waals surface area contributed by atoms with Crippen LogP contribution in [0.15, 0.2) is 41.5 Å². The number of rotatable bonds is 9. The molecule has 15 nitrogen and oxygen atoms in total. The van der Waals surface area contributed by atoms with Crippen LogP contribution in [0.4, 0.5) is 0 Å². The van der Waals surface area contributed by atoms with Gasteiger partial charge in [0.1, 0.15) is 23.9 Å². The Kier molecular flexibility index (Phi) is 10.1. The molecule has 0 radical (unpaired) electrons. The van der Waals surface area contributed by atoms with Gasteiger partial charge < -0.3 is 44.3 Å². The standard InChI is InChI=1S/C39H49NO14/c1-18-24(52-35(48)29(45)28(22-13-14-22)40-19(2)41)16-39(49)33(53-34(47)23-11-9-8-10-12-23)31-37(7,25(44)15-26-38(31,17-50-26)54-21(4)43)32(46)30(51-20(3)42)27(18)36(39,5)6/h8-12,22,24-26,28-31,33,44-45,49H,13-17H2,1-7H3,(H,40,41)/t24?,25-,26+,28-,29+,30+,31-,33-,37+,38-,39+/m0/s1. The lowest BCUT2D eigenvalue weighted by Crippen LogP contribution is -2.82. The van der Waals surface area contributed by atoms with Gasteiger partial charge in [0.15, 0.2) is 23.6 Å². The second-order valence-corrected chi connectivity index (χ2v) is 16.2. The van der Waals surface area contributed by atoms with Crippen molar-refractivity contribution in [1.29, 1.82) is 0 Å². The van der Waals surface area contributed by atoms with Gasteiger partial charge >= 0.3 is 23.9 Å². The number of fused-ring (bicyclic) bond motifs is 5. The highest BCUT2D eigenvalue weighted by molar-refractivity contribution is 5.95. The Balaban J connectivity index is 1.58. The summed E-state index contributed by atoms with van der Waals surface area (Å²) in [6.07, 6.45) is -8.63. The fraction of sp³-hybridized carbons (Fsp3) is 0.641. The number of carbonyl (C=O) groups is 6. The van der Waals surface area contributed by atoms with E-state index in [2.05, 4.69) is 5.32 Å². The molecule has 1 heterocycles. The molecule has 0 aromatic heterocycles. The molecule has 1 aliphatic heterocycles. The molecular formula is C39H49NO14. The molecule has 4 N–H and O–H groups in total. The van der Waals surface area contributed by atoms with Crippen LogP contribution in [0.3, 0.4) is 0 Å². The lowest BCUT2D eigenvalue weighted by Gasteiger charge is -2.67. The molecule has 5 aliphatic rings. The van der Waals surface area contributed by atoms with Crippen LogP contribution < -0.4 is 5.32 Å². The zero-order valence-corrected chi connectivity index (χ0v) is 31.5. The average molecular weight is 756 g/mol. The largest absolute Gasteiger partial charge is 0.456 e. The first-order valence-corrected chi connectivity index (χ1v) is 18.3. The second kappa shape index (κ2) is 13.8. The molecule has 15 heteroatoms. The van der Waals surface area contributed by atoms with Crippen molar-refractivity contribution in [2.75, 3.05) is 6.61 Å². The molecule has 1 amide bonds. The third-order valence-electron chi connectivity index (χ3n) is 12.5. The van der Waals surface area contributed by atoms with Crippen molar-refractivity contribution >= 4 is 35.6 Å². The molecule has 2 bridgehead atoms. The first kappa shape index (κ1) is 39.5. The Bertz CT molecular complexity index is 1770. The number of aliphatic hydroxyl groups excluding tert-OH is 2. The van der Waals surface area contributed by atoms with Crippen molar-refractivity contribution < 1.29 is 67.8 Å². The zero-order valence-electron chi connectivity index (χ0n) is 31.5. The van der Waals surface area contributed by atoms with E-state index in [1.807, 2.05) is 0 Å². The number of nitrogens with one attached hydrogen (secondary N) is 1. The summed E-state index contributed by atoms with van der Waals surface area (Å²) in [5, 5.41) is 39.2. The van der Waals surface area contributed by atoms with E-state index < -0.39 is 113 Å². The van der Waals surface area contributed by atoms with E-state index in [-0.39, 0.29) is 35.7 Å². The molecule has 1 aromatic rings. The van der Waals surface area contributed by atoms with Crippen molar-refractivity contribution in [2.45, 2.75) is 128 Å². The predicted octanol–water partition coefficient (Wildman–Crippen LogP) is 1.48. The molecule has 6 rings (SSSR count). The van der Waals surface area contributed by atoms with Crippen molar-refractivity contribution in [3.05, 3.63) is 47.0 Å². The van der Waals surface area contributed by atoms with Crippen LogP contribution in [0.5, 0.6) is 0 Å². The maximum Gasteiger partial charge on any atom is 0.338 e. The minimum atomic E-state index is -2.33. The maximum absolute atomic E-state index is 15.3. The van der Waals surface area contributed by atoms with Gasteiger partial charge in [-0.15, -0.1) is 0 Å². The van der Waals surface area contributed by atoms with E-state index in [0.717, 1.165) is 13.8 Å². The number of aliphatic hydroxyl groups is 3. The number of carbonyl (C=O) groups excluding carboxylic acids is 6. The maximum atomic E-state index is 15.3. The lowest BCUT2D eigenvalue weighted by atomic mass is 9.44. The van der Waals surface area contributed by atoms with Crippen LogP contribution in [0, 0.1) is 22.7 Å². The molecule has 11 atom stereocenters. The van der Waals surface area contributed by atoms with Gasteiger partial charge in [-0.05, 0) is 55.9 Å². The number of hydrogen-bond donors (Lipinski definition) is 4. The van der Waals surface area contributed by atoms with E-state index in [0.29, 0.717) is 12.8 Å². The van der Waals surface area contributed by atoms with Crippen molar-refractivity contribution in [3.63, 3.8) is 0 Å². The smallest absolute Gasteiger partial charge is 0.338 e. The van der Waals surface area contributed by atoms with Crippen LogP contribution in [0.25, 0.3) is 0 Å². The van der Waals surface area contributed by atoms with Gasteiger partial charge in [-0.1, -0.05) is 32.0 Å². The van der Waals surface area contributed by atoms with E-state index in [1.165, 1.54) is 32.9 Å². The normalized spacial score (nSPS) is 36.4. The van der Waals surface area contributed by atoms with Crippen LogP contribution in [0.2, 0.25) is 0 Å². The molecule has 1 unspecified atom stereocenters. The van der Waals surface area contributed by atoms with Gasteiger partial charge in [0, 0.05) is 39.0 Å². The Morgan fingerprint density at radius 1 is 0.963 bits per heavy atom. The fourth-order valence-corrected chi connectivity index (χ4v) is 9.52. The lowest BCUT2D eigenvalue weighted by molar-refractivity contribution is -0.346. The summed E-state index contributed by atoms with van der Waals surface area (Å²) >= 11 is 0. The summed E-state index contributed by atoms with van der Waals surface area (Å²) < 4.78 is 29.9. The highest BCUT2D eigenvalue weighted by Gasteiger charge is 2.78. The SMILES string of the molecule is CC(=O)N[C@@H](C1CC1)[C@@H](O)C(=O)OC1C[C@@]2(O)[C@@H](OC(=O)c3ccccc3)[C@@H]3[C@]4(OC(C)=O)CO[C@@H]4C[C@H](O)[C@@]3(C)C(=O)[C@H](OC(C)=O)C(=C1C)C2(C)C. The van der Waals surface area contributed by atoms with Crippen LogP contribution in [0.1, 0.15) is 84.5 Å². The molecule has 0 spiro atoms. The minimum Gasteiger partial charge on any atom is -0.456 e. The van der Waals surface area contributed by atoms with Gasteiger partial charge in [-0.2, -0.15) is 0 Å². The summed E-state index contributed by atoms with van der Waals surface area (Å²) in [6.45, 7) is 9.31. The van der Waals surface area contributed by atoms with Crippen molar-refractivity contribution in [2.24, 2.45) is 22.7 Å². The quantitative estimate of drug-likeness (QED) is 0.159. The third kappa shape index (κ3) is 6.22. The first-order chi connectivity index (χ1) is 25.2. The molecule has 4 fully saturated rings. The molecular weight excluding hydrogens is 706 g/mol. The summed E-state index contributed by atoms with van der Waals surface area (Å²) in [4.78, 5) is 80.8. The fourth-order valence-electron chi connectivity index (χ4n) is 9.52. The Morgan fingerprint density at radius 2 is 1.61 bits per heavy atom. The Labute approximate surface area is 312 Å². The zero-order chi connectivity index (χ0) is 39.7.